The van der Waals surface area contributed by atoms with Crippen molar-refractivity contribution >= 4 is 5.78 Å². The molecule has 0 bridgehead atoms. The van der Waals surface area contributed by atoms with E-state index >= 15 is 0 Å². The number of aromatic nitrogens is 1. The summed E-state index contributed by atoms with van der Waals surface area (Å²) in [5, 5.41) is 0. The first-order valence-electron chi connectivity index (χ1n) is 5.94. The Kier molecular flexibility index (Phi) is 3.60. The Bertz CT molecular complexity index is 689. The lowest BCUT2D eigenvalue weighted by molar-refractivity contribution is 0.0970. The first-order chi connectivity index (χ1) is 8.97. The third kappa shape index (κ3) is 2.96. The second-order valence-electron chi connectivity index (χ2n) is 4.56. The number of ketones is 1. The third-order valence-corrected chi connectivity index (χ3v) is 2.93. The molecule has 0 radical (unpaired) electrons. The van der Waals surface area contributed by atoms with Crippen LogP contribution in [0.3, 0.4) is 0 Å². The number of carbonyl (C=O) groups is 1. The lowest BCUT2D eigenvalue weighted by Gasteiger charge is -2.06. The molecule has 0 saturated heterocycles. The topological polar surface area (TPSA) is 39.1 Å². The van der Waals surface area contributed by atoms with E-state index < -0.39 is 0 Å². The van der Waals surface area contributed by atoms with Gasteiger partial charge in [0.1, 0.15) is 5.82 Å². The van der Waals surface area contributed by atoms with Crippen LogP contribution in [-0.2, 0) is 6.54 Å². The number of aryl methyl sites for hydroxylation is 2. The van der Waals surface area contributed by atoms with Crippen molar-refractivity contribution in [3.05, 3.63) is 69.4 Å². The molecule has 0 atom stereocenters. The molecule has 0 spiro atoms. The molecule has 0 unspecified atom stereocenters. The van der Waals surface area contributed by atoms with Crippen LogP contribution in [0.15, 0.2) is 41.3 Å². The third-order valence-electron chi connectivity index (χ3n) is 2.93. The van der Waals surface area contributed by atoms with Crippen LogP contribution in [0, 0.1) is 19.7 Å². The molecular weight excluding hydrogens is 245 g/mol. The Hall–Kier alpha value is -2.23. The van der Waals surface area contributed by atoms with Gasteiger partial charge in [-0.1, -0.05) is 6.07 Å². The molecule has 1 heterocycles. The molecular formula is C15H14FNO2. The second-order valence-corrected chi connectivity index (χ2v) is 4.56. The highest BCUT2D eigenvalue weighted by Gasteiger charge is 2.09. The largest absolute Gasteiger partial charge is 0.307 e. The van der Waals surface area contributed by atoms with Gasteiger partial charge in [0.05, 0.1) is 6.54 Å². The monoisotopic (exact) mass is 259 g/mol. The Morgan fingerprint density at radius 2 is 1.95 bits per heavy atom. The quantitative estimate of drug-likeness (QED) is 0.794. The summed E-state index contributed by atoms with van der Waals surface area (Å²) in [6.45, 7) is 3.42. The maximum atomic E-state index is 13.1. The number of pyridine rings is 1. The van der Waals surface area contributed by atoms with Crippen molar-refractivity contribution in [2.45, 2.75) is 20.4 Å². The van der Waals surface area contributed by atoms with E-state index in [1.165, 1.54) is 28.8 Å². The fraction of sp³-hybridized carbons (Fsp3) is 0.200. The molecule has 98 valence electrons. The second kappa shape index (κ2) is 5.18. The lowest BCUT2D eigenvalue weighted by Crippen LogP contribution is -2.23. The van der Waals surface area contributed by atoms with Gasteiger partial charge in [0.2, 0.25) is 0 Å². The molecule has 3 nitrogen and oxygen atoms in total. The number of nitrogens with zero attached hydrogens (tertiary/aromatic N) is 1. The summed E-state index contributed by atoms with van der Waals surface area (Å²) in [4.78, 5) is 23.7. The highest BCUT2D eigenvalue weighted by Crippen LogP contribution is 2.10. The highest BCUT2D eigenvalue weighted by molar-refractivity contribution is 5.96. The normalized spacial score (nSPS) is 10.5. The predicted octanol–water partition coefficient (Wildman–Crippen LogP) is 2.49. The lowest BCUT2D eigenvalue weighted by atomic mass is 10.1. The highest BCUT2D eigenvalue weighted by atomic mass is 19.1. The van der Waals surface area contributed by atoms with Gasteiger partial charge in [-0.2, -0.15) is 0 Å². The van der Waals surface area contributed by atoms with Gasteiger partial charge in [-0.05, 0) is 43.2 Å². The molecule has 1 aromatic heterocycles. The van der Waals surface area contributed by atoms with Crippen molar-refractivity contribution in [1.29, 1.82) is 0 Å². The van der Waals surface area contributed by atoms with Crippen LogP contribution in [0.25, 0.3) is 0 Å². The van der Waals surface area contributed by atoms with Crippen molar-refractivity contribution in [3.63, 3.8) is 0 Å². The molecule has 2 aromatic rings. The minimum absolute atomic E-state index is 0.0361. The zero-order chi connectivity index (χ0) is 14.0. The molecule has 0 aliphatic rings. The minimum Gasteiger partial charge on any atom is -0.307 e. The summed E-state index contributed by atoms with van der Waals surface area (Å²) >= 11 is 0. The average Bonchev–Trinajstić information content (AvgIpc) is 2.37. The molecule has 0 fully saturated rings. The van der Waals surface area contributed by atoms with Crippen LogP contribution >= 0.6 is 0 Å². The maximum absolute atomic E-state index is 13.1. The van der Waals surface area contributed by atoms with Gasteiger partial charge in [-0.15, -0.1) is 0 Å². The number of hydrogen-bond donors (Lipinski definition) is 0. The van der Waals surface area contributed by atoms with Crippen molar-refractivity contribution in [3.8, 4) is 0 Å². The van der Waals surface area contributed by atoms with E-state index in [0.717, 1.165) is 5.56 Å². The molecule has 19 heavy (non-hydrogen) atoms. The first-order valence-corrected chi connectivity index (χ1v) is 5.94. The van der Waals surface area contributed by atoms with Gasteiger partial charge in [0.15, 0.2) is 5.78 Å². The Morgan fingerprint density at radius 1 is 1.21 bits per heavy atom. The number of Topliss-reactive ketones (excluding diaryl/α,β-unsaturated/α-hetero) is 1. The van der Waals surface area contributed by atoms with E-state index in [0.29, 0.717) is 11.1 Å². The van der Waals surface area contributed by atoms with Crippen molar-refractivity contribution in [2.75, 3.05) is 0 Å². The smallest absolute Gasteiger partial charge is 0.250 e. The average molecular weight is 259 g/mol. The van der Waals surface area contributed by atoms with E-state index in [9.17, 15) is 14.0 Å². The molecule has 0 amide bonds. The SMILES string of the molecule is Cc1ccc(=O)n(CC(=O)c2ccc(F)c(C)c2)c1. The van der Waals surface area contributed by atoms with Gasteiger partial charge >= 0.3 is 0 Å². The Balaban J connectivity index is 2.28. The summed E-state index contributed by atoms with van der Waals surface area (Å²) in [6.07, 6.45) is 1.64. The molecule has 1 aromatic carbocycles. The van der Waals surface area contributed by atoms with E-state index in [-0.39, 0.29) is 23.7 Å². The number of halogens is 1. The maximum Gasteiger partial charge on any atom is 0.250 e. The van der Waals surface area contributed by atoms with Crippen molar-refractivity contribution in [2.24, 2.45) is 0 Å². The van der Waals surface area contributed by atoms with Gasteiger partial charge < -0.3 is 4.57 Å². The van der Waals surface area contributed by atoms with Gasteiger partial charge in [0.25, 0.3) is 5.56 Å². The van der Waals surface area contributed by atoms with Gasteiger partial charge in [-0.25, -0.2) is 4.39 Å². The van der Waals surface area contributed by atoms with Crippen molar-refractivity contribution < 1.29 is 9.18 Å². The Labute approximate surface area is 110 Å². The zero-order valence-electron chi connectivity index (χ0n) is 10.8. The fourth-order valence-electron chi connectivity index (χ4n) is 1.84. The summed E-state index contributed by atoms with van der Waals surface area (Å²) in [5.41, 5.74) is 1.51. The molecule has 0 aliphatic carbocycles. The van der Waals surface area contributed by atoms with Crippen LogP contribution in [0.5, 0.6) is 0 Å². The van der Waals surface area contributed by atoms with Crippen LogP contribution in [0.2, 0.25) is 0 Å². The van der Waals surface area contributed by atoms with Gasteiger partial charge in [-0.3, -0.25) is 9.59 Å². The number of benzene rings is 1. The van der Waals surface area contributed by atoms with Crippen LogP contribution < -0.4 is 5.56 Å². The Morgan fingerprint density at radius 3 is 2.63 bits per heavy atom. The van der Waals surface area contributed by atoms with E-state index in [1.807, 2.05) is 6.92 Å². The molecule has 0 N–H and O–H groups in total. The standard InChI is InChI=1S/C15H14FNO2/c1-10-3-6-15(19)17(8-10)9-14(18)12-4-5-13(16)11(2)7-12/h3-8H,9H2,1-2H3. The summed E-state index contributed by atoms with van der Waals surface area (Å²) in [5.74, 6) is -0.555. The summed E-state index contributed by atoms with van der Waals surface area (Å²) in [7, 11) is 0. The predicted molar refractivity (Wildman–Crippen MR) is 70.9 cm³/mol. The molecule has 4 heteroatoms. The molecule has 0 aliphatic heterocycles. The van der Waals surface area contributed by atoms with E-state index in [2.05, 4.69) is 0 Å². The number of rotatable bonds is 3. The number of carbonyl (C=O) groups excluding carboxylic acids is 1. The van der Waals surface area contributed by atoms with E-state index in [4.69, 9.17) is 0 Å². The zero-order valence-corrected chi connectivity index (χ0v) is 10.8. The molecule has 0 saturated carbocycles. The number of hydrogen-bond acceptors (Lipinski definition) is 2. The summed E-state index contributed by atoms with van der Waals surface area (Å²) in [6, 6.07) is 7.33. The van der Waals surface area contributed by atoms with Crippen LogP contribution in [0.4, 0.5) is 4.39 Å². The van der Waals surface area contributed by atoms with Crippen LogP contribution in [-0.4, -0.2) is 10.4 Å². The summed E-state index contributed by atoms with van der Waals surface area (Å²) < 4.78 is 14.5. The van der Waals surface area contributed by atoms with Crippen LogP contribution in [0.1, 0.15) is 21.5 Å². The molecule has 2 rings (SSSR count). The first kappa shape index (κ1) is 13.2. The van der Waals surface area contributed by atoms with Gasteiger partial charge in [0, 0.05) is 17.8 Å². The van der Waals surface area contributed by atoms with E-state index in [1.54, 1.807) is 19.2 Å². The minimum atomic E-state index is -0.343. The fourth-order valence-corrected chi connectivity index (χ4v) is 1.84. The van der Waals surface area contributed by atoms with Crippen molar-refractivity contribution in [1.82, 2.24) is 4.57 Å².